The summed E-state index contributed by atoms with van der Waals surface area (Å²) >= 11 is 7.39. The number of hydrogen-bond acceptors (Lipinski definition) is 5. The van der Waals surface area contributed by atoms with E-state index in [2.05, 4.69) is 22.0 Å². The number of rotatable bonds is 4. The molecule has 2 aromatic heterocycles. The Morgan fingerprint density at radius 3 is 2.75 bits per heavy atom. The summed E-state index contributed by atoms with van der Waals surface area (Å²) < 4.78 is 0.729. The molecule has 0 unspecified atom stereocenters. The van der Waals surface area contributed by atoms with Gasteiger partial charge in [-0.15, -0.1) is 11.3 Å². The third-order valence-corrected chi connectivity index (χ3v) is 6.11. The molecule has 1 fully saturated rings. The van der Waals surface area contributed by atoms with Crippen molar-refractivity contribution in [2.24, 2.45) is 0 Å². The van der Waals surface area contributed by atoms with Crippen molar-refractivity contribution < 1.29 is 4.79 Å². The summed E-state index contributed by atoms with van der Waals surface area (Å²) in [7, 11) is 0. The van der Waals surface area contributed by atoms with E-state index in [1.807, 2.05) is 35.2 Å². The monoisotopic (exact) mass is 412 g/mol. The number of nitrogen functional groups attached to an aromatic ring is 1. The largest absolute Gasteiger partial charge is 0.398 e. The highest BCUT2D eigenvalue weighted by Gasteiger charge is 2.19. The molecule has 1 aromatic carbocycles. The highest BCUT2D eigenvalue weighted by molar-refractivity contribution is 7.17. The summed E-state index contributed by atoms with van der Waals surface area (Å²) in [5.74, 6) is 0.0505. The van der Waals surface area contributed by atoms with Crippen LogP contribution in [0.15, 0.2) is 48.7 Å². The standard InChI is InChI=1S/C21H21ClN4OS/c22-20-5-2-16(28-20)3-6-21(27)26-11-9-25(10-12-26)14-15-1-4-17-18(23)7-8-24-19(17)13-15/h1-8,13H,9-12,14H2,(H2,23,24). The van der Waals surface area contributed by atoms with Crippen LogP contribution in [0.5, 0.6) is 0 Å². The van der Waals surface area contributed by atoms with Crippen molar-refractivity contribution >= 4 is 51.5 Å². The molecule has 0 aliphatic carbocycles. The fourth-order valence-electron chi connectivity index (χ4n) is 3.38. The number of nitrogens with zero attached hydrogens (tertiary/aromatic N) is 3. The van der Waals surface area contributed by atoms with E-state index in [0.717, 1.165) is 58.5 Å². The smallest absolute Gasteiger partial charge is 0.246 e. The third-order valence-electron chi connectivity index (χ3n) is 4.92. The van der Waals surface area contributed by atoms with Crippen molar-refractivity contribution in [3.05, 3.63) is 63.4 Å². The number of fused-ring (bicyclic) bond motifs is 1. The van der Waals surface area contributed by atoms with Crippen molar-refractivity contribution in [2.75, 3.05) is 31.9 Å². The number of anilines is 1. The molecule has 0 saturated carbocycles. The normalized spacial score (nSPS) is 15.5. The zero-order valence-electron chi connectivity index (χ0n) is 15.3. The van der Waals surface area contributed by atoms with Gasteiger partial charge in [0, 0.05) is 60.9 Å². The Balaban J connectivity index is 1.33. The van der Waals surface area contributed by atoms with Crippen LogP contribution in [0, 0.1) is 0 Å². The average Bonchev–Trinajstić information content (AvgIpc) is 3.12. The van der Waals surface area contributed by atoms with Crippen LogP contribution in [0.3, 0.4) is 0 Å². The molecule has 0 radical (unpaired) electrons. The molecule has 4 rings (SSSR count). The minimum Gasteiger partial charge on any atom is -0.398 e. The molecule has 0 bridgehead atoms. The number of piperazine rings is 1. The van der Waals surface area contributed by atoms with Crippen LogP contribution in [0.25, 0.3) is 17.0 Å². The maximum Gasteiger partial charge on any atom is 0.246 e. The molecule has 5 nitrogen and oxygen atoms in total. The van der Waals surface area contributed by atoms with Gasteiger partial charge in [0.25, 0.3) is 0 Å². The second kappa shape index (κ2) is 8.31. The van der Waals surface area contributed by atoms with Crippen molar-refractivity contribution in [3.8, 4) is 0 Å². The van der Waals surface area contributed by atoms with Gasteiger partial charge < -0.3 is 10.6 Å². The van der Waals surface area contributed by atoms with E-state index in [0.29, 0.717) is 0 Å². The molecule has 0 spiro atoms. The highest BCUT2D eigenvalue weighted by Crippen LogP contribution is 2.23. The maximum absolute atomic E-state index is 12.4. The average molecular weight is 413 g/mol. The summed E-state index contributed by atoms with van der Waals surface area (Å²) in [6, 6.07) is 11.8. The second-order valence-corrected chi connectivity index (χ2v) is 8.57. The second-order valence-electron chi connectivity index (χ2n) is 6.83. The summed E-state index contributed by atoms with van der Waals surface area (Å²) in [5, 5.41) is 0.987. The zero-order chi connectivity index (χ0) is 19.5. The summed E-state index contributed by atoms with van der Waals surface area (Å²) in [4.78, 5) is 22.0. The van der Waals surface area contributed by atoms with Gasteiger partial charge in [-0.2, -0.15) is 0 Å². The number of nitrogens with two attached hydrogens (primary N) is 1. The molecule has 1 aliphatic heterocycles. The summed E-state index contributed by atoms with van der Waals surface area (Å²) in [6.45, 7) is 4.01. The Morgan fingerprint density at radius 2 is 2.00 bits per heavy atom. The molecule has 7 heteroatoms. The first kappa shape index (κ1) is 18.9. The number of aromatic nitrogens is 1. The maximum atomic E-state index is 12.4. The van der Waals surface area contributed by atoms with Crippen molar-refractivity contribution in [1.82, 2.24) is 14.8 Å². The zero-order valence-corrected chi connectivity index (χ0v) is 16.9. The molecule has 0 atom stereocenters. The van der Waals surface area contributed by atoms with Gasteiger partial charge in [-0.05, 0) is 35.9 Å². The molecule has 1 aliphatic rings. The fraction of sp³-hybridized carbons (Fsp3) is 0.238. The fourth-order valence-corrected chi connectivity index (χ4v) is 4.34. The van der Waals surface area contributed by atoms with Gasteiger partial charge in [-0.25, -0.2) is 0 Å². The molecule has 2 N–H and O–H groups in total. The number of halogens is 1. The molecule has 1 saturated heterocycles. The topological polar surface area (TPSA) is 62.5 Å². The number of hydrogen-bond donors (Lipinski definition) is 1. The van der Waals surface area contributed by atoms with E-state index < -0.39 is 0 Å². The van der Waals surface area contributed by atoms with Gasteiger partial charge in [0.15, 0.2) is 0 Å². The Kier molecular flexibility index (Phi) is 5.62. The molecule has 28 heavy (non-hydrogen) atoms. The predicted molar refractivity (Wildman–Crippen MR) is 116 cm³/mol. The van der Waals surface area contributed by atoms with Crippen molar-refractivity contribution in [2.45, 2.75) is 6.54 Å². The van der Waals surface area contributed by atoms with Gasteiger partial charge in [0.1, 0.15) is 0 Å². The number of carbonyl (C=O) groups is 1. The van der Waals surface area contributed by atoms with Crippen molar-refractivity contribution in [1.29, 1.82) is 0 Å². The number of amides is 1. The van der Waals surface area contributed by atoms with E-state index in [4.69, 9.17) is 17.3 Å². The first-order valence-electron chi connectivity index (χ1n) is 9.16. The van der Waals surface area contributed by atoms with Crippen LogP contribution < -0.4 is 5.73 Å². The lowest BCUT2D eigenvalue weighted by molar-refractivity contribution is -0.127. The van der Waals surface area contributed by atoms with Crippen LogP contribution in [-0.4, -0.2) is 46.9 Å². The molecule has 3 aromatic rings. The van der Waals surface area contributed by atoms with Crippen molar-refractivity contribution in [3.63, 3.8) is 0 Å². The molecule has 144 valence electrons. The van der Waals surface area contributed by atoms with E-state index in [1.165, 1.54) is 16.9 Å². The first-order valence-corrected chi connectivity index (χ1v) is 10.4. The summed E-state index contributed by atoms with van der Waals surface area (Å²) in [6.07, 6.45) is 5.21. The first-order chi connectivity index (χ1) is 13.6. The highest BCUT2D eigenvalue weighted by atomic mass is 35.5. The van der Waals surface area contributed by atoms with E-state index >= 15 is 0 Å². The van der Waals surface area contributed by atoms with Gasteiger partial charge in [-0.1, -0.05) is 23.7 Å². The SMILES string of the molecule is Nc1ccnc2cc(CN3CCN(C(=O)C=Cc4ccc(Cl)s4)CC3)ccc12. The molecule has 3 heterocycles. The Hall–Kier alpha value is -2.41. The number of carbonyl (C=O) groups excluding carboxylic acids is 1. The third kappa shape index (κ3) is 4.35. The number of benzene rings is 1. The quantitative estimate of drug-likeness (QED) is 0.660. The van der Waals surface area contributed by atoms with E-state index in [1.54, 1.807) is 12.3 Å². The lowest BCUT2D eigenvalue weighted by atomic mass is 10.1. The molecular weight excluding hydrogens is 392 g/mol. The Labute approximate surface area is 173 Å². The lowest BCUT2D eigenvalue weighted by Crippen LogP contribution is -2.47. The van der Waals surface area contributed by atoms with Crippen LogP contribution in [0.4, 0.5) is 5.69 Å². The van der Waals surface area contributed by atoms with Gasteiger partial charge >= 0.3 is 0 Å². The summed E-state index contributed by atoms with van der Waals surface area (Å²) in [5.41, 5.74) is 8.88. The molecule has 1 amide bonds. The Bertz CT molecular complexity index is 1020. The molecular formula is C21H21ClN4OS. The van der Waals surface area contributed by atoms with E-state index in [-0.39, 0.29) is 5.91 Å². The Morgan fingerprint density at radius 1 is 1.18 bits per heavy atom. The van der Waals surface area contributed by atoms with Crippen LogP contribution in [0.1, 0.15) is 10.4 Å². The van der Waals surface area contributed by atoms with Gasteiger partial charge in [0.05, 0.1) is 9.85 Å². The van der Waals surface area contributed by atoms with Gasteiger partial charge in [0.2, 0.25) is 5.91 Å². The number of thiophene rings is 1. The predicted octanol–water partition coefficient (Wildman–Crippen LogP) is 3.89. The van der Waals surface area contributed by atoms with Crippen LogP contribution in [0.2, 0.25) is 4.34 Å². The van der Waals surface area contributed by atoms with Crippen LogP contribution >= 0.6 is 22.9 Å². The van der Waals surface area contributed by atoms with E-state index in [9.17, 15) is 4.79 Å². The lowest BCUT2D eigenvalue weighted by Gasteiger charge is -2.34. The minimum absolute atomic E-state index is 0.0505. The number of pyridine rings is 1. The van der Waals surface area contributed by atoms with Crippen LogP contribution in [-0.2, 0) is 11.3 Å². The minimum atomic E-state index is 0.0505. The van der Waals surface area contributed by atoms with Gasteiger partial charge in [-0.3, -0.25) is 14.7 Å².